The molecular weight excluding hydrogens is 219 g/mol. The predicted octanol–water partition coefficient (Wildman–Crippen LogP) is -0.0551. The van der Waals surface area contributed by atoms with Gasteiger partial charge in [-0.3, -0.25) is 4.79 Å². The highest BCUT2D eigenvalue weighted by Gasteiger charge is 2.37. The Kier molecular flexibility index (Phi) is 5.43. The summed E-state index contributed by atoms with van der Waals surface area (Å²) in [5.41, 5.74) is 5.25. The highest BCUT2D eigenvalue weighted by molar-refractivity contribution is 6.43. The molecule has 0 aromatic carbocycles. The average Bonchev–Trinajstić information content (AvgIpc) is 2.29. The van der Waals surface area contributed by atoms with Gasteiger partial charge >= 0.3 is 7.12 Å². The van der Waals surface area contributed by atoms with Gasteiger partial charge in [0.2, 0.25) is 5.91 Å². The van der Waals surface area contributed by atoms with E-state index >= 15 is 0 Å². The number of nitrogens with one attached hydrogen (secondary N) is 1. The second-order valence-corrected chi connectivity index (χ2v) is 5.00. The molecule has 1 aliphatic rings. The maximum atomic E-state index is 12.1. The van der Waals surface area contributed by atoms with Crippen LogP contribution in [-0.4, -0.2) is 34.6 Å². The van der Waals surface area contributed by atoms with Crippen molar-refractivity contribution >= 4 is 13.0 Å². The topological polar surface area (TPSA) is 95.6 Å². The third-order valence-corrected chi connectivity index (χ3v) is 3.47. The third kappa shape index (κ3) is 3.98. The molecule has 0 heterocycles. The van der Waals surface area contributed by atoms with Gasteiger partial charge in [-0.25, -0.2) is 0 Å². The Morgan fingerprint density at radius 3 is 2.47 bits per heavy atom. The Morgan fingerprint density at radius 1 is 1.41 bits per heavy atom. The van der Waals surface area contributed by atoms with Gasteiger partial charge < -0.3 is 21.1 Å². The number of amides is 1. The predicted molar refractivity (Wildman–Crippen MR) is 67.0 cm³/mol. The van der Waals surface area contributed by atoms with Gasteiger partial charge in [0.25, 0.3) is 0 Å². The summed E-state index contributed by atoms with van der Waals surface area (Å²) in [6.45, 7) is 1.93. The zero-order valence-corrected chi connectivity index (χ0v) is 10.5. The van der Waals surface area contributed by atoms with Crippen LogP contribution in [0.3, 0.4) is 0 Å². The molecule has 0 spiro atoms. The van der Waals surface area contributed by atoms with Crippen molar-refractivity contribution in [1.29, 1.82) is 0 Å². The van der Waals surface area contributed by atoms with Crippen molar-refractivity contribution in [2.45, 2.75) is 63.3 Å². The van der Waals surface area contributed by atoms with Crippen molar-refractivity contribution in [3.63, 3.8) is 0 Å². The van der Waals surface area contributed by atoms with Crippen molar-refractivity contribution in [2.75, 3.05) is 0 Å². The molecule has 1 fully saturated rings. The number of nitrogens with two attached hydrogens (primary N) is 1. The molecule has 0 aromatic rings. The second kappa shape index (κ2) is 6.38. The monoisotopic (exact) mass is 242 g/mol. The molecule has 1 aliphatic carbocycles. The lowest BCUT2D eigenvalue weighted by molar-refractivity contribution is -0.128. The molecule has 1 atom stereocenters. The summed E-state index contributed by atoms with van der Waals surface area (Å²) in [7, 11) is -1.52. The molecule has 0 unspecified atom stereocenters. The largest absolute Gasteiger partial charge is 0.475 e. The number of rotatable bonds is 5. The third-order valence-electron chi connectivity index (χ3n) is 3.47. The molecule has 98 valence electrons. The van der Waals surface area contributed by atoms with Gasteiger partial charge in [0.1, 0.15) is 0 Å². The first-order chi connectivity index (χ1) is 7.99. The zero-order valence-electron chi connectivity index (χ0n) is 10.5. The van der Waals surface area contributed by atoms with Gasteiger partial charge in [0.15, 0.2) is 0 Å². The van der Waals surface area contributed by atoms with E-state index in [9.17, 15) is 14.8 Å². The first kappa shape index (κ1) is 14.5. The zero-order chi connectivity index (χ0) is 12.9. The molecule has 0 radical (unpaired) electrons. The first-order valence-electron chi connectivity index (χ1n) is 6.45. The quantitative estimate of drug-likeness (QED) is 0.508. The van der Waals surface area contributed by atoms with E-state index in [2.05, 4.69) is 5.32 Å². The van der Waals surface area contributed by atoms with Crippen LogP contribution in [0.15, 0.2) is 0 Å². The van der Waals surface area contributed by atoms with Gasteiger partial charge in [-0.05, 0) is 19.3 Å². The van der Waals surface area contributed by atoms with Gasteiger partial charge in [-0.15, -0.1) is 0 Å². The van der Waals surface area contributed by atoms with E-state index in [0.717, 1.165) is 25.7 Å². The fourth-order valence-corrected chi connectivity index (χ4v) is 2.33. The van der Waals surface area contributed by atoms with Gasteiger partial charge in [0.05, 0.1) is 11.5 Å². The molecular formula is C11H23BN2O3. The lowest BCUT2D eigenvalue weighted by Gasteiger charge is -2.33. The van der Waals surface area contributed by atoms with Crippen molar-refractivity contribution in [3.05, 3.63) is 0 Å². The lowest BCUT2D eigenvalue weighted by Crippen LogP contribution is -2.59. The van der Waals surface area contributed by atoms with Crippen LogP contribution >= 0.6 is 0 Å². The molecule has 1 saturated carbocycles. The standard InChI is InChI=1S/C11H23BN2O3/c1-2-6-9(12(16)17)14-10(15)11(13)7-4-3-5-8-11/h9,16-17H,2-8,13H2,1H3,(H,14,15)/t9-/m0/s1. The Labute approximate surface area is 103 Å². The van der Waals surface area contributed by atoms with Crippen molar-refractivity contribution < 1.29 is 14.8 Å². The number of carbonyl (C=O) groups excluding carboxylic acids is 1. The highest BCUT2D eigenvalue weighted by atomic mass is 16.4. The fourth-order valence-electron chi connectivity index (χ4n) is 2.33. The summed E-state index contributed by atoms with van der Waals surface area (Å²) >= 11 is 0. The normalized spacial score (nSPS) is 20.7. The Morgan fingerprint density at radius 2 is 2.00 bits per heavy atom. The minimum Gasteiger partial charge on any atom is -0.426 e. The van der Waals surface area contributed by atoms with Gasteiger partial charge in [0, 0.05) is 0 Å². The molecule has 5 nitrogen and oxygen atoms in total. The van der Waals surface area contributed by atoms with Crippen molar-refractivity contribution in [2.24, 2.45) is 5.73 Å². The second-order valence-electron chi connectivity index (χ2n) is 5.00. The van der Waals surface area contributed by atoms with Crippen LogP contribution in [-0.2, 0) is 4.79 Å². The molecule has 0 bridgehead atoms. The minimum absolute atomic E-state index is 0.247. The maximum Gasteiger partial charge on any atom is 0.475 e. The smallest absolute Gasteiger partial charge is 0.426 e. The summed E-state index contributed by atoms with van der Waals surface area (Å²) in [5, 5.41) is 21.0. The molecule has 5 N–H and O–H groups in total. The summed E-state index contributed by atoms with van der Waals surface area (Å²) in [4.78, 5) is 12.1. The van der Waals surface area contributed by atoms with Gasteiger partial charge in [-0.1, -0.05) is 32.6 Å². The molecule has 0 aromatic heterocycles. The van der Waals surface area contributed by atoms with E-state index in [4.69, 9.17) is 5.73 Å². The lowest BCUT2D eigenvalue weighted by atomic mass is 9.75. The molecule has 1 rings (SSSR count). The first-order valence-corrected chi connectivity index (χ1v) is 6.45. The fraction of sp³-hybridized carbons (Fsp3) is 0.909. The number of hydrogen-bond donors (Lipinski definition) is 4. The van der Waals surface area contributed by atoms with Crippen LogP contribution in [0.25, 0.3) is 0 Å². The number of carbonyl (C=O) groups is 1. The van der Waals surface area contributed by atoms with E-state index in [-0.39, 0.29) is 5.91 Å². The van der Waals surface area contributed by atoms with Crippen molar-refractivity contribution in [3.8, 4) is 0 Å². The van der Waals surface area contributed by atoms with E-state index < -0.39 is 18.6 Å². The maximum absolute atomic E-state index is 12.1. The summed E-state index contributed by atoms with van der Waals surface area (Å²) in [6.07, 6.45) is 5.72. The Hall–Kier alpha value is -0.585. The summed E-state index contributed by atoms with van der Waals surface area (Å²) < 4.78 is 0. The number of hydrogen-bond acceptors (Lipinski definition) is 4. The molecule has 0 aliphatic heterocycles. The van der Waals surface area contributed by atoms with E-state index in [1.165, 1.54) is 0 Å². The van der Waals surface area contributed by atoms with E-state index in [1.54, 1.807) is 0 Å². The van der Waals surface area contributed by atoms with E-state index in [1.807, 2.05) is 6.92 Å². The molecule has 1 amide bonds. The Bertz CT molecular complexity index is 255. The van der Waals surface area contributed by atoms with Crippen LogP contribution in [0.5, 0.6) is 0 Å². The SMILES string of the molecule is CCC[C@H](NC(=O)C1(N)CCCCC1)B(O)O. The van der Waals surface area contributed by atoms with Crippen molar-refractivity contribution in [1.82, 2.24) is 5.32 Å². The molecule has 0 saturated heterocycles. The van der Waals surface area contributed by atoms with Crippen LogP contribution < -0.4 is 11.1 Å². The van der Waals surface area contributed by atoms with Crippen LogP contribution in [0.1, 0.15) is 51.9 Å². The highest BCUT2D eigenvalue weighted by Crippen LogP contribution is 2.26. The van der Waals surface area contributed by atoms with E-state index in [0.29, 0.717) is 19.3 Å². The average molecular weight is 242 g/mol. The summed E-state index contributed by atoms with van der Waals surface area (Å²) in [5.74, 6) is -0.862. The molecule has 6 heteroatoms. The van der Waals surface area contributed by atoms with Crippen LogP contribution in [0.4, 0.5) is 0 Å². The van der Waals surface area contributed by atoms with Crippen LogP contribution in [0, 0.1) is 0 Å². The van der Waals surface area contributed by atoms with Gasteiger partial charge in [-0.2, -0.15) is 0 Å². The summed E-state index contributed by atoms with van der Waals surface area (Å²) in [6, 6.07) is 0. The Balaban J connectivity index is 2.56. The van der Waals surface area contributed by atoms with Crippen LogP contribution in [0.2, 0.25) is 0 Å². The molecule has 17 heavy (non-hydrogen) atoms. The minimum atomic E-state index is -1.52.